The zero-order valence-corrected chi connectivity index (χ0v) is 12.9. The second-order valence-corrected chi connectivity index (χ2v) is 6.60. The van der Waals surface area contributed by atoms with E-state index in [1.807, 2.05) is 0 Å². The lowest BCUT2D eigenvalue weighted by atomic mass is 10.1. The van der Waals surface area contributed by atoms with Gasteiger partial charge < -0.3 is 10.2 Å². The number of amides is 1. The summed E-state index contributed by atoms with van der Waals surface area (Å²) in [6.45, 7) is 0.759. The van der Waals surface area contributed by atoms with Gasteiger partial charge in [0.25, 0.3) is 11.6 Å². The van der Waals surface area contributed by atoms with Crippen LogP contribution in [0.5, 0.6) is 0 Å². The molecule has 0 aromatic heterocycles. The van der Waals surface area contributed by atoms with Crippen LogP contribution in [-0.2, 0) is 10.8 Å². The largest absolute Gasteiger partial charge is 0.381 e. The minimum atomic E-state index is -0.893. The van der Waals surface area contributed by atoms with Crippen LogP contribution in [0, 0.1) is 10.1 Å². The van der Waals surface area contributed by atoms with Crippen molar-refractivity contribution in [1.82, 2.24) is 4.90 Å². The molecule has 7 nitrogen and oxygen atoms in total. The lowest BCUT2D eigenvalue weighted by molar-refractivity contribution is -0.384. The molecular weight excluding hydrogens is 318 g/mol. The smallest absolute Gasteiger partial charge is 0.294 e. The van der Waals surface area contributed by atoms with E-state index < -0.39 is 15.7 Å². The fourth-order valence-corrected chi connectivity index (χ4v) is 3.49. The van der Waals surface area contributed by atoms with E-state index in [4.69, 9.17) is 11.6 Å². The molecule has 0 aliphatic carbocycles. The van der Waals surface area contributed by atoms with E-state index in [2.05, 4.69) is 5.32 Å². The topological polar surface area (TPSA) is 92.6 Å². The van der Waals surface area contributed by atoms with Crippen molar-refractivity contribution in [3.8, 4) is 0 Å². The fraction of sp³-hybridized carbons (Fsp3) is 0.417. The van der Waals surface area contributed by atoms with Gasteiger partial charge in [-0.3, -0.25) is 19.1 Å². The minimum absolute atomic E-state index is 0.121. The van der Waals surface area contributed by atoms with E-state index in [1.165, 1.54) is 24.1 Å². The van der Waals surface area contributed by atoms with Gasteiger partial charge in [0.15, 0.2) is 0 Å². The number of carbonyl (C=O) groups excluding carboxylic acids is 1. The zero-order chi connectivity index (χ0) is 15.6. The Labute approximate surface area is 128 Å². The molecule has 2 rings (SSSR count). The van der Waals surface area contributed by atoms with Gasteiger partial charge in [-0.25, -0.2) is 0 Å². The average molecular weight is 332 g/mol. The fourth-order valence-electron chi connectivity index (χ4n) is 2.13. The number of nitro groups is 1. The first-order chi connectivity index (χ1) is 9.93. The number of hydrogen-bond acceptors (Lipinski definition) is 5. The predicted octanol–water partition coefficient (Wildman–Crippen LogP) is 1.49. The zero-order valence-electron chi connectivity index (χ0n) is 11.3. The van der Waals surface area contributed by atoms with Crippen molar-refractivity contribution >= 4 is 39.7 Å². The second-order valence-electron chi connectivity index (χ2n) is 4.50. The number of halogens is 1. The number of nitrogens with zero attached hydrogens (tertiary/aromatic N) is 2. The lowest BCUT2D eigenvalue weighted by Gasteiger charge is -2.26. The monoisotopic (exact) mass is 331 g/mol. The molecule has 0 unspecified atom stereocenters. The molecule has 0 spiro atoms. The van der Waals surface area contributed by atoms with Gasteiger partial charge in [-0.15, -0.1) is 0 Å². The summed E-state index contributed by atoms with van der Waals surface area (Å²) in [6, 6.07) is 2.62. The Morgan fingerprint density at radius 1 is 1.43 bits per heavy atom. The molecule has 1 saturated heterocycles. The SMILES string of the molecule is CNc1c(Cl)cc(C(=O)N2CCS(=O)CC2)cc1[N+](=O)[O-]. The third-order valence-electron chi connectivity index (χ3n) is 3.23. The summed E-state index contributed by atoms with van der Waals surface area (Å²) in [4.78, 5) is 24.4. The summed E-state index contributed by atoms with van der Waals surface area (Å²) >= 11 is 6.00. The maximum Gasteiger partial charge on any atom is 0.294 e. The van der Waals surface area contributed by atoms with Crippen molar-refractivity contribution < 1.29 is 13.9 Å². The number of anilines is 1. The van der Waals surface area contributed by atoms with Gasteiger partial charge in [0.05, 0.1) is 9.95 Å². The van der Waals surface area contributed by atoms with Crippen LogP contribution in [0.15, 0.2) is 12.1 Å². The second kappa shape index (κ2) is 6.40. The molecule has 0 saturated carbocycles. The van der Waals surface area contributed by atoms with E-state index >= 15 is 0 Å². The number of benzene rings is 1. The highest BCUT2D eigenvalue weighted by molar-refractivity contribution is 7.85. The quantitative estimate of drug-likeness (QED) is 0.669. The van der Waals surface area contributed by atoms with Crippen LogP contribution in [0.3, 0.4) is 0 Å². The van der Waals surface area contributed by atoms with E-state index in [1.54, 1.807) is 0 Å². The van der Waals surface area contributed by atoms with Gasteiger partial charge in [-0.05, 0) is 6.07 Å². The molecule has 1 amide bonds. The van der Waals surface area contributed by atoms with E-state index in [-0.39, 0.29) is 27.9 Å². The molecule has 0 radical (unpaired) electrons. The molecule has 1 aromatic carbocycles. The first-order valence-electron chi connectivity index (χ1n) is 6.24. The molecule has 1 N–H and O–H groups in total. The molecule has 1 aliphatic heterocycles. The van der Waals surface area contributed by atoms with Gasteiger partial charge in [-0.1, -0.05) is 11.6 Å². The van der Waals surface area contributed by atoms with Crippen LogP contribution in [-0.4, -0.2) is 51.6 Å². The summed E-state index contributed by atoms with van der Waals surface area (Å²) in [5, 5.41) is 13.8. The number of nitro benzene ring substituents is 1. The Bertz CT molecular complexity index is 613. The van der Waals surface area contributed by atoms with E-state index in [0.717, 1.165) is 0 Å². The van der Waals surface area contributed by atoms with Gasteiger partial charge in [0, 0.05) is 54.1 Å². The first kappa shape index (κ1) is 15.7. The van der Waals surface area contributed by atoms with Crippen LogP contribution in [0.4, 0.5) is 11.4 Å². The molecule has 0 atom stereocenters. The van der Waals surface area contributed by atoms with E-state index in [9.17, 15) is 19.1 Å². The minimum Gasteiger partial charge on any atom is -0.381 e. The van der Waals surface area contributed by atoms with Crippen molar-refractivity contribution in [2.24, 2.45) is 0 Å². The maximum absolute atomic E-state index is 12.4. The van der Waals surface area contributed by atoms with Crippen LogP contribution in [0.2, 0.25) is 5.02 Å². The summed E-state index contributed by atoms with van der Waals surface area (Å²) in [6.07, 6.45) is 0. The Morgan fingerprint density at radius 2 is 2.05 bits per heavy atom. The van der Waals surface area contributed by atoms with Crippen molar-refractivity contribution in [2.45, 2.75) is 0 Å². The van der Waals surface area contributed by atoms with Crippen molar-refractivity contribution in [1.29, 1.82) is 0 Å². The molecular formula is C12H14ClN3O4S. The van der Waals surface area contributed by atoms with Gasteiger partial charge >= 0.3 is 0 Å². The summed E-state index contributed by atoms with van der Waals surface area (Å²) < 4.78 is 11.3. The van der Waals surface area contributed by atoms with Crippen molar-refractivity contribution in [2.75, 3.05) is 37.0 Å². The Hall–Kier alpha value is -1.67. The molecule has 1 aliphatic rings. The Morgan fingerprint density at radius 3 is 2.57 bits per heavy atom. The van der Waals surface area contributed by atoms with Gasteiger partial charge in [0.1, 0.15) is 5.69 Å². The first-order valence-corrected chi connectivity index (χ1v) is 8.10. The van der Waals surface area contributed by atoms with Crippen LogP contribution < -0.4 is 5.32 Å². The average Bonchev–Trinajstić information content (AvgIpc) is 2.46. The standard InChI is InChI=1S/C12H14ClN3O4S/c1-14-11-9(13)6-8(7-10(11)16(18)19)12(17)15-2-4-21(20)5-3-15/h6-7,14H,2-5H2,1H3. The normalized spacial score (nSPS) is 15.8. The molecule has 1 aromatic rings. The molecule has 1 heterocycles. The van der Waals surface area contributed by atoms with Gasteiger partial charge in [0.2, 0.25) is 0 Å². The number of rotatable bonds is 3. The molecule has 1 fully saturated rings. The molecule has 0 bridgehead atoms. The number of hydrogen-bond donors (Lipinski definition) is 1. The highest BCUT2D eigenvalue weighted by Crippen LogP contribution is 2.33. The molecule has 114 valence electrons. The summed E-state index contributed by atoms with van der Waals surface area (Å²) in [5.74, 6) is 0.520. The van der Waals surface area contributed by atoms with Gasteiger partial charge in [-0.2, -0.15) is 0 Å². The van der Waals surface area contributed by atoms with Crippen molar-refractivity contribution in [3.63, 3.8) is 0 Å². The Balaban J connectivity index is 2.33. The third kappa shape index (κ3) is 3.33. The van der Waals surface area contributed by atoms with Crippen molar-refractivity contribution in [3.05, 3.63) is 32.8 Å². The van der Waals surface area contributed by atoms with Crippen LogP contribution >= 0.6 is 11.6 Å². The van der Waals surface area contributed by atoms with Crippen LogP contribution in [0.1, 0.15) is 10.4 Å². The molecule has 21 heavy (non-hydrogen) atoms. The third-order valence-corrected chi connectivity index (χ3v) is 4.80. The summed E-state index contributed by atoms with van der Waals surface area (Å²) in [5.41, 5.74) is 0.102. The number of carbonyl (C=O) groups is 1. The maximum atomic E-state index is 12.4. The van der Waals surface area contributed by atoms with Crippen LogP contribution in [0.25, 0.3) is 0 Å². The molecule has 9 heteroatoms. The highest BCUT2D eigenvalue weighted by atomic mass is 35.5. The highest BCUT2D eigenvalue weighted by Gasteiger charge is 2.25. The summed E-state index contributed by atoms with van der Waals surface area (Å²) in [7, 11) is 0.630. The lowest BCUT2D eigenvalue weighted by Crippen LogP contribution is -2.41. The number of nitrogens with one attached hydrogen (secondary N) is 1. The van der Waals surface area contributed by atoms with E-state index in [0.29, 0.717) is 24.6 Å². The Kier molecular flexibility index (Phi) is 4.79. The predicted molar refractivity (Wildman–Crippen MR) is 81.4 cm³/mol.